The van der Waals surface area contributed by atoms with Gasteiger partial charge in [-0.1, -0.05) is 19.1 Å². The number of carboxylic acid groups (broad SMARTS) is 1. The molecule has 0 bridgehead atoms. The number of carbonyl (C=O) groups excluding carboxylic acids is 1. The van der Waals surface area contributed by atoms with Crippen molar-refractivity contribution < 1.29 is 19.4 Å². The molecule has 116 valence electrons. The summed E-state index contributed by atoms with van der Waals surface area (Å²) in [4.78, 5) is 22.4. The first kappa shape index (κ1) is 17.0. The van der Waals surface area contributed by atoms with Gasteiger partial charge in [-0.05, 0) is 37.5 Å². The van der Waals surface area contributed by atoms with Crippen molar-refractivity contribution in [3.63, 3.8) is 0 Å². The zero-order chi connectivity index (χ0) is 15.8. The monoisotopic (exact) mass is 293 g/mol. The lowest BCUT2D eigenvalue weighted by Crippen LogP contribution is -2.36. The van der Waals surface area contributed by atoms with E-state index in [2.05, 4.69) is 5.32 Å². The van der Waals surface area contributed by atoms with Gasteiger partial charge in [0.1, 0.15) is 5.75 Å². The van der Waals surface area contributed by atoms with Gasteiger partial charge in [0.2, 0.25) is 5.91 Å². The predicted molar refractivity (Wildman–Crippen MR) is 80.5 cm³/mol. The predicted octanol–water partition coefficient (Wildman–Crippen LogP) is 2.44. The summed E-state index contributed by atoms with van der Waals surface area (Å²) in [5.74, 6) is -0.317. The fraction of sp³-hybridized carbons (Fsp3) is 0.500. The third-order valence-electron chi connectivity index (χ3n) is 3.21. The summed E-state index contributed by atoms with van der Waals surface area (Å²) < 4.78 is 5.61. The van der Waals surface area contributed by atoms with E-state index >= 15 is 0 Å². The van der Waals surface area contributed by atoms with Gasteiger partial charge in [-0.2, -0.15) is 0 Å². The quantitative estimate of drug-likeness (QED) is 0.772. The number of nitrogens with one attached hydrogen (secondary N) is 1. The van der Waals surface area contributed by atoms with Gasteiger partial charge in [0.25, 0.3) is 0 Å². The summed E-state index contributed by atoms with van der Waals surface area (Å²) in [7, 11) is 0. The number of hydrogen-bond donors (Lipinski definition) is 2. The third-order valence-corrected chi connectivity index (χ3v) is 3.21. The average Bonchev–Trinajstić information content (AvgIpc) is 2.41. The van der Waals surface area contributed by atoms with Crippen LogP contribution in [-0.2, 0) is 9.59 Å². The van der Waals surface area contributed by atoms with Crippen molar-refractivity contribution in [2.45, 2.75) is 46.1 Å². The van der Waals surface area contributed by atoms with E-state index in [4.69, 9.17) is 9.84 Å². The van der Waals surface area contributed by atoms with Crippen molar-refractivity contribution >= 4 is 11.9 Å². The number of aliphatic carboxylic acids is 1. The van der Waals surface area contributed by atoms with Gasteiger partial charge in [-0.25, -0.2) is 0 Å². The summed E-state index contributed by atoms with van der Waals surface area (Å²) in [6.07, 6.45) is 0.749. The molecule has 0 aliphatic rings. The highest BCUT2D eigenvalue weighted by molar-refractivity contribution is 5.77. The molecule has 1 atom stereocenters. The fourth-order valence-corrected chi connectivity index (χ4v) is 1.92. The molecule has 0 aliphatic heterocycles. The Morgan fingerprint density at radius 3 is 2.67 bits per heavy atom. The number of amides is 1. The molecular formula is C16H23NO4. The van der Waals surface area contributed by atoms with Crippen LogP contribution in [0.25, 0.3) is 0 Å². The molecule has 1 amide bonds. The summed E-state index contributed by atoms with van der Waals surface area (Å²) in [6, 6.07) is 5.60. The minimum absolute atomic E-state index is 0.0555. The molecule has 1 aromatic carbocycles. The molecule has 5 heteroatoms. The number of benzene rings is 1. The van der Waals surface area contributed by atoms with Crippen molar-refractivity contribution in [3.05, 3.63) is 29.3 Å². The number of rotatable bonds is 8. The third kappa shape index (κ3) is 6.29. The molecule has 2 N–H and O–H groups in total. The van der Waals surface area contributed by atoms with Gasteiger partial charge in [0.15, 0.2) is 0 Å². The van der Waals surface area contributed by atoms with E-state index in [1.54, 1.807) is 0 Å². The molecule has 0 radical (unpaired) electrons. The maximum absolute atomic E-state index is 11.8. The molecule has 0 heterocycles. The van der Waals surface area contributed by atoms with E-state index in [1.165, 1.54) is 0 Å². The van der Waals surface area contributed by atoms with Crippen LogP contribution in [0.2, 0.25) is 0 Å². The highest BCUT2D eigenvalue weighted by Crippen LogP contribution is 2.19. The van der Waals surface area contributed by atoms with Gasteiger partial charge < -0.3 is 15.2 Å². The maximum Gasteiger partial charge on any atom is 0.305 e. The molecule has 0 saturated heterocycles. The first-order valence-electron chi connectivity index (χ1n) is 7.13. The molecule has 1 aromatic rings. The Labute approximate surface area is 125 Å². The number of carbonyl (C=O) groups is 2. The van der Waals surface area contributed by atoms with Crippen LogP contribution < -0.4 is 10.1 Å². The number of hydrogen-bond acceptors (Lipinski definition) is 3. The first-order valence-corrected chi connectivity index (χ1v) is 7.13. The van der Waals surface area contributed by atoms with Gasteiger partial charge in [0, 0.05) is 6.04 Å². The van der Waals surface area contributed by atoms with Crippen molar-refractivity contribution in [1.82, 2.24) is 5.32 Å². The zero-order valence-electron chi connectivity index (χ0n) is 12.8. The van der Waals surface area contributed by atoms with Gasteiger partial charge >= 0.3 is 5.97 Å². The van der Waals surface area contributed by atoms with Gasteiger partial charge in [0.05, 0.1) is 19.4 Å². The Hall–Kier alpha value is -2.04. The lowest BCUT2D eigenvalue weighted by molar-refractivity contribution is -0.137. The molecule has 5 nitrogen and oxygen atoms in total. The Bertz CT molecular complexity index is 499. The van der Waals surface area contributed by atoms with Crippen LogP contribution in [0.3, 0.4) is 0 Å². The Kier molecular flexibility index (Phi) is 6.72. The highest BCUT2D eigenvalue weighted by Gasteiger charge is 2.14. The smallest absolute Gasteiger partial charge is 0.305 e. The molecule has 0 aliphatic carbocycles. The molecule has 0 saturated carbocycles. The minimum Gasteiger partial charge on any atom is -0.493 e. The Balaban J connectivity index is 2.39. The standard InChI is InChI=1S/C16H23NO4/c1-4-13(10-16(19)20)17-15(18)7-8-21-14-9-11(2)5-6-12(14)3/h5-6,9,13H,4,7-8,10H2,1-3H3,(H,17,18)(H,19,20). The maximum atomic E-state index is 11.8. The zero-order valence-corrected chi connectivity index (χ0v) is 12.8. The number of ether oxygens (including phenoxy) is 1. The normalized spacial score (nSPS) is 11.8. The van der Waals surface area contributed by atoms with Crippen LogP contribution in [0.4, 0.5) is 0 Å². The summed E-state index contributed by atoms with van der Waals surface area (Å²) in [6.45, 7) is 6.06. The van der Waals surface area contributed by atoms with Crippen molar-refractivity contribution in [1.29, 1.82) is 0 Å². The van der Waals surface area contributed by atoms with E-state index in [1.807, 2.05) is 39.0 Å². The van der Waals surface area contributed by atoms with Crippen LogP contribution in [0.15, 0.2) is 18.2 Å². The van der Waals surface area contributed by atoms with E-state index < -0.39 is 5.97 Å². The second-order valence-electron chi connectivity index (χ2n) is 5.14. The van der Waals surface area contributed by atoms with Crippen molar-refractivity contribution in [3.8, 4) is 5.75 Å². The lowest BCUT2D eigenvalue weighted by Gasteiger charge is -2.15. The molecule has 1 rings (SSSR count). The minimum atomic E-state index is -0.909. The second-order valence-corrected chi connectivity index (χ2v) is 5.14. The highest BCUT2D eigenvalue weighted by atomic mass is 16.5. The van der Waals surface area contributed by atoms with E-state index in [0.29, 0.717) is 6.42 Å². The summed E-state index contributed by atoms with van der Waals surface area (Å²) in [5, 5.41) is 11.4. The molecule has 0 spiro atoms. The largest absolute Gasteiger partial charge is 0.493 e. The number of aryl methyl sites for hydroxylation is 2. The van der Waals surface area contributed by atoms with Crippen LogP contribution in [-0.4, -0.2) is 29.6 Å². The molecule has 0 fully saturated rings. The summed E-state index contributed by atoms with van der Waals surface area (Å²) >= 11 is 0. The van der Waals surface area contributed by atoms with E-state index in [9.17, 15) is 9.59 Å². The van der Waals surface area contributed by atoms with Crippen LogP contribution in [0, 0.1) is 13.8 Å². The average molecular weight is 293 g/mol. The fourth-order valence-electron chi connectivity index (χ4n) is 1.92. The van der Waals surface area contributed by atoms with Crippen LogP contribution in [0.5, 0.6) is 5.75 Å². The van der Waals surface area contributed by atoms with Crippen LogP contribution >= 0.6 is 0 Å². The van der Waals surface area contributed by atoms with E-state index in [-0.39, 0.29) is 31.4 Å². The molecule has 21 heavy (non-hydrogen) atoms. The summed E-state index contributed by atoms with van der Waals surface area (Å²) in [5.41, 5.74) is 2.13. The molecule has 0 aromatic heterocycles. The van der Waals surface area contributed by atoms with Gasteiger partial charge in [-0.3, -0.25) is 9.59 Å². The SMILES string of the molecule is CCC(CC(=O)O)NC(=O)CCOc1cc(C)ccc1C. The first-order chi connectivity index (χ1) is 9.92. The lowest BCUT2D eigenvalue weighted by atomic mass is 10.1. The van der Waals surface area contributed by atoms with E-state index in [0.717, 1.165) is 16.9 Å². The topological polar surface area (TPSA) is 75.6 Å². The second kappa shape index (κ2) is 8.29. The van der Waals surface area contributed by atoms with Crippen molar-refractivity contribution in [2.75, 3.05) is 6.61 Å². The Morgan fingerprint density at radius 1 is 1.33 bits per heavy atom. The van der Waals surface area contributed by atoms with Crippen molar-refractivity contribution in [2.24, 2.45) is 0 Å². The van der Waals surface area contributed by atoms with Gasteiger partial charge in [-0.15, -0.1) is 0 Å². The number of carboxylic acids is 1. The molecule has 1 unspecified atom stereocenters. The molecular weight excluding hydrogens is 270 g/mol. The van der Waals surface area contributed by atoms with Crippen LogP contribution in [0.1, 0.15) is 37.3 Å². The Morgan fingerprint density at radius 2 is 2.05 bits per heavy atom.